The summed E-state index contributed by atoms with van der Waals surface area (Å²) in [5, 5.41) is 0. The van der Waals surface area contributed by atoms with Crippen LogP contribution in [0.25, 0.3) is 0 Å². The Morgan fingerprint density at radius 3 is 2.26 bits per heavy atom. The van der Waals surface area contributed by atoms with Gasteiger partial charge in [0.1, 0.15) is 5.75 Å². The minimum Gasteiger partial charge on any atom is -0.494 e. The summed E-state index contributed by atoms with van der Waals surface area (Å²) >= 11 is 0. The Kier molecular flexibility index (Phi) is 5.73. The summed E-state index contributed by atoms with van der Waals surface area (Å²) in [5.74, 6) is 0.579. The lowest BCUT2D eigenvalue weighted by atomic mass is 10.3. The highest BCUT2D eigenvalue weighted by atomic mass is 32.2. The van der Waals surface area contributed by atoms with Gasteiger partial charge in [-0.05, 0) is 62.2 Å². The van der Waals surface area contributed by atoms with Crippen LogP contribution in [0.15, 0.2) is 58.3 Å². The lowest BCUT2D eigenvalue weighted by molar-refractivity contribution is 0.340. The molecule has 2 aromatic carbocycles. The Hall–Kier alpha value is -2.10. The monoisotopic (exact) mass is 410 g/mol. The first kappa shape index (κ1) is 19.7. The SMILES string of the molecule is CCOc1ccc(S(=O)(=O)Nc2cccc(S(=O)(=O)N3CCCC3)c2)cc1. The molecular formula is C18H22N2O5S2. The Balaban J connectivity index is 1.83. The number of hydrogen-bond donors (Lipinski definition) is 1. The van der Waals surface area contributed by atoms with Gasteiger partial charge in [0.25, 0.3) is 10.0 Å². The first-order valence-electron chi connectivity index (χ1n) is 8.69. The molecule has 0 radical (unpaired) electrons. The minimum atomic E-state index is -3.84. The molecule has 9 heteroatoms. The molecule has 1 saturated heterocycles. The summed E-state index contributed by atoms with van der Waals surface area (Å²) < 4.78 is 59.6. The molecule has 0 atom stereocenters. The fourth-order valence-corrected chi connectivity index (χ4v) is 5.51. The first-order valence-corrected chi connectivity index (χ1v) is 11.6. The third-order valence-corrected chi connectivity index (χ3v) is 7.53. The van der Waals surface area contributed by atoms with E-state index in [1.54, 1.807) is 12.1 Å². The normalized spacial score (nSPS) is 15.6. The van der Waals surface area contributed by atoms with Crippen molar-refractivity contribution in [2.24, 2.45) is 0 Å². The summed E-state index contributed by atoms with van der Waals surface area (Å²) in [7, 11) is -7.45. The van der Waals surface area contributed by atoms with Crippen LogP contribution in [-0.4, -0.2) is 40.8 Å². The quantitative estimate of drug-likeness (QED) is 0.758. The van der Waals surface area contributed by atoms with Gasteiger partial charge in [-0.15, -0.1) is 0 Å². The van der Waals surface area contributed by atoms with Gasteiger partial charge in [0.15, 0.2) is 0 Å². The van der Waals surface area contributed by atoms with Gasteiger partial charge in [0, 0.05) is 13.1 Å². The number of anilines is 1. The molecule has 0 saturated carbocycles. The van der Waals surface area contributed by atoms with Crippen LogP contribution < -0.4 is 9.46 Å². The van der Waals surface area contributed by atoms with E-state index in [4.69, 9.17) is 4.74 Å². The minimum absolute atomic E-state index is 0.0683. The van der Waals surface area contributed by atoms with Crippen molar-refractivity contribution in [1.82, 2.24) is 4.31 Å². The molecule has 0 spiro atoms. The van der Waals surface area contributed by atoms with Gasteiger partial charge in [0.2, 0.25) is 10.0 Å². The van der Waals surface area contributed by atoms with Gasteiger partial charge < -0.3 is 4.74 Å². The molecule has 0 aliphatic carbocycles. The van der Waals surface area contributed by atoms with Crippen molar-refractivity contribution in [3.8, 4) is 5.75 Å². The summed E-state index contributed by atoms with van der Waals surface area (Å²) in [5.41, 5.74) is 0.198. The van der Waals surface area contributed by atoms with Crippen molar-refractivity contribution in [2.45, 2.75) is 29.6 Å². The fraction of sp³-hybridized carbons (Fsp3) is 0.333. The van der Waals surface area contributed by atoms with E-state index in [1.807, 2.05) is 6.92 Å². The van der Waals surface area contributed by atoms with Gasteiger partial charge >= 0.3 is 0 Å². The average molecular weight is 411 g/mol. The van der Waals surface area contributed by atoms with Crippen molar-refractivity contribution in [3.63, 3.8) is 0 Å². The summed E-state index contributed by atoms with van der Waals surface area (Å²) in [6, 6.07) is 11.9. The smallest absolute Gasteiger partial charge is 0.261 e. The Morgan fingerprint density at radius 1 is 0.963 bits per heavy atom. The first-order chi connectivity index (χ1) is 12.8. The number of nitrogens with one attached hydrogen (secondary N) is 1. The Bertz CT molecular complexity index is 996. The van der Waals surface area contributed by atoms with E-state index >= 15 is 0 Å². The van der Waals surface area contributed by atoms with Crippen molar-refractivity contribution in [2.75, 3.05) is 24.4 Å². The zero-order valence-corrected chi connectivity index (χ0v) is 16.6. The number of hydrogen-bond acceptors (Lipinski definition) is 5. The van der Waals surface area contributed by atoms with Gasteiger partial charge in [-0.25, -0.2) is 16.8 Å². The molecule has 2 aromatic rings. The van der Waals surface area contributed by atoms with Crippen LogP contribution in [0, 0.1) is 0 Å². The largest absolute Gasteiger partial charge is 0.494 e. The molecule has 1 heterocycles. The van der Waals surface area contributed by atoms with Crippen LogP contribution in [0.4, 0.5) is 5.69 Å². The fourth-order valence-electron chi connectivity index (χ4n) is 2.89. The maximum atomic E-state index is 12.7. The second-order valence-electron chi connectivity index (χ2n) is 6.15. The van der Waals surface area contributed by atoms with E-state index in [1.165, 1.54) is 40.7 Å². The molecule has 0 unspecified atom stereocenters. The number of rotatable bonds is 7. The molecule has 1 N–H and O–H groups in total. The summed E-state index contributed by atoms with van der Waals surface area (Å²) in [4.78, 5) is 0.148. The number of benzene rings is 2. The lowest BCUT2D eigenvalue weighted by Gasteiger charge is -2.16. The number of sulfonamides is 2. The van der Waals surface area contributed by atoms with Gasteiger partial charge in [0.05, 0.1) is 22.1 Å². The van der Waals surface area contributed by atoms with E-state index in [9.17, 15) is 16.8 Å². The van der Waals surface area contributed by atoms with Crippen LogP contribution in [0.1, 0.15) is 19.8 Å². The molecule has 0 aromatic heterocycles. The molecule has 1 aliphatic heterocycles. The van der Waals surface area contributed by atoms with Gasteiger partial charge in [-0.3, -0.25) is 4.72 Å². The Morgan fingerprint density at radius 2 is 1.63 bits per heavy atom. The molecule has 3 rings (SSSR count). The topological polar surface area (TPSA) is 92.8 Å². The van der Waals surface area contributed by atoms with Crippen molar-refractivity contribution in [1.29, 1.82) is 0 Å². The number of nitrogens with zero attached hydrogens (tertiary/aromatic N) is 1. The predicted molar refractivity (Wildman–Crippen MR) is 103 cm³/mol. The van der Waals surface area contributed by atoms with E-state index < -0.39 is 20.0 Å². The molecule has 1 fully saturated rings. The predicted octanol–water partition coefficient (Wildman–Crippen LogP) is 2.67. The summed E-state index contributed by atoms with van der Waals surface area (Å²) in [6.45, 7) is 3.31. The van der Waals surface area contributed by atoms with Gasteiger partial charge in [-0.2, -0.15) is 4.31 Å². The lowest BCUT2D eigenvalue weighted by Crippen LogP contribution is -2.27. The van der Waals surface area contributed by atoms with E-state index in [-0.39, 0.29) is 15.5 Å². The molecule has 0 amide bonds. The third-order valence-electron chi connectivity index (χ3n) is 4.23. The van der Waals surface area contributed by atoms with Crippen molar-refractivity contribution in [3.05, 3.63) is 48.5 Å². The van der Waals surface area contributed by atoms with E-state index in [2.05, 4.69) is 4.72 Å². The van der Waals surface area contributed by atoms with Crippen LogP contribution in [0.3, 0.4) is 0 Å². The zero-order valence-electron chi connectivity index (χ0n) is 15.0. The molecule has 146 valence electrons. The van der Waals surface area contributed by atoms with Crippen LogP contribution in [-0.2, 0) is 20.0 Å². The van der Waals surface area contributed by atoms with E-state index in [0.29, 0.717) is 25.4 Å². The van der Waals surface area contributed by atoms with Crippen LogP contribution in [0.2, 0.25) is 0 Å². The molecule has 1 aliphatic rings. The van der Waals surface area contributed by atoms with Crippen molar-refractivity contribution >= 4 is 25.7 Å². The van der Waals surface area contributed by atoms with Gasteiger partial charge in [-0.1, -0.05) is 6.07 Å². The third kappa shape index (κ3) is 4.42. The molecule has 0 bridgehead atoms. The second-order valence-corrected chi connectivity index (χ2v) is 9.77. The average Bonchev–Trinajstić information content (AvgIpc) is 3.18. The highest BCUT2D eigenvalue weighted by Gasteiger charge is 2.27. The molecule has 7 nitrogen and oxygen atoms in total. The second kappa shape index (κ2) is 7.87. The Labute approximate surface area is 160 Å². The number of ether oxygens (including phenoxy) is 1. The molecule has 27 heavy (non-hydrogen) atoms. The van der Waals surface area contributed by atoms with Crippen molar-refractivity contribution < 1.29 is 21.6 Å². The highest BCUT2D eigenvalue weighted by Crippen LogP contribution is 2.25. The standard InChI is InChI=1S/C18H22N2O5S2/c1-2-25-16-8-10-17(11-9-16)26(21,22)19-15-6-5-7-18(14-15)27(23,24)20-12-3-4-13-20/h5-11,14,19H,2-4,12-13H2,1H3. The maximum Gasteiger partial charge on any atom is 0.261 e. The van der Waals surface area contributed by atoms with Crippen LogP contribution in [0.5, 0.6) is 5.75 Å². The van der Waals surface area contributed by atoms with Crippen LogP contribution >= 0.6 is 0 Å². The molecular weight excluding hydrogens is 388 g/mol. The summed E-state index contributed by atoms with van der Waals surface area (Å²) in [6.07, 6.45) is 1.67. The zero-order chi connectivity index (χ0) is 19.5. The maximum absolute atomic E-state index is 12.7. The van der Waals surface area contributed by atoms with E-state index in [0.717, 1.165) is 12.8 Å². The highest BCUT2D eigenvalue weighted by molar-refractivity contribution is 7.92.